The molecule has 0 radical (unpaired) electrons. The van der Waals surface area contributed by atoms with E-state index in [1.807, 2.05) is 12.1 Å². The van der Waals surface area contributed by atoms with E-state index < -0.39 is 11.9 Å². The second-order valence-corrected chi connectivity index (χ2v) is 4.52. The van der Waals surface area contributed by atoms with Gasteiger partial charge in [-0.05, 0) is 31.0 Å². The maximum absolute atomic E-state index is 13.9. The topological polar surface area (TPSA) is 49.7 Å². The second-order valence-electron chi connectivity index (χ2n) is 4.52. The lowest BCUT2D eigenvalue weighted by Gasteiger charge is -2.16. The third-order valence-electron chi connectivity index (χ3n) is 3.01. The third-order valence-corrected chi connectivity index (χ3v) is 3.01. The van der Waals surface area contributed by atoms with Crippen LogP contribution in [0.1, 0.15) is 24.2 Å². The molecule has 0 unspecified atom stereocenters. The summed E-state index contributed by atoms with van der Waals surface area (Å²) in [5, 5.41) is 18.7. The fraction of sp³-hybridized carbons (Fsp3) is 0.250. The number of ether oxygens (including phenoxy) is 1. The summed E-state index contributed by atoms with van der Waals surface area (Å²) in [6.07, 6.45) is -0.403. The van der Waals surface area contributed by atoms with Gasteiger partial charge in [-0.15, -0.1) is 0 Å². The molecule has 106 valence electrons. The molecule has 4 heteroatoms. The molecular weight excluding hydrogens is 259 g/mol. The van der Waals surface area contributed by atoms with E-state index in [0.717, 1.165) is 5.56 Å². The van der Waals surface area contributed by atoms with Gasteiger partial charge in [-0.25, -0.2) is 4.39 Å². The van der Waals surface area contributed by atoms with Crippen LogP contribution in [0.2, 0.25) is 0 Å². The van der Waals surface area contributed by atoms with Gasteiger partial charge >= 0.3 is 0 Å². The Bertz CT molecular complexity index is 582. The third kappa shape index (κ3) is 3.15. The zero-order valence-corrected chi connectivity index (χ0v) is 11.2. The number of hydrogen-bond donors (Lipinski definition) is 2. The van der Waals surface area contributed by atoms with Crippen molar-refractivity contribution in [1.82, 2.24) is 0 Å². The first-order chi connectivity index (χ1) is 9.63. The number of para-hydroxylation sites is 2. The van der Waals surface area contributed by atoms with Crippen LogP contribution in [-0.2, 0) is 6.42 Å². The van der Waals surface area contributed by atoms with Gasteiger partial charge in [-0.1, -0.05) is 30.3 Å². The van der Waals surface area contributed by atoms with E-state index >= 15 is 0 Å². The van der Waals surface area contributed by atoms with Crippen LogP contribution in [0.25, 0.3) is 0 Å². The maximum Gasteiger partial charge on any atom is 0.168 e. The summed E-state index contributed by atoms with van der Waals surface area (Å²) in [5.74, 6) is -0.0244. The molecule has 0 aliphatic carbocycles. The summed E-state index contributed by atoms with van der Waals surface area (Å²) in [5.41, 5.74) is 1.18. The van der Waals surface area contributed by atoms with Crippen LogP contribution in [0.3, 0.4) is 0 Å². The van der Waals surface area contributed by atoms with Crippen molar-refractivity contribution >= 4 is 0 Å². The summed E-state index contributed by atoms with van der Waals surface area (Å²) >= 11 is 0. The number of aliphatic hydroxyl groups excluding tert-OH is 2. The molecule has 0 aliphatic heterocycles. The monoisotopic (exact) mass is 276 g/mol. The van der Waals surface area contributed by atoms with Crippen molar-refractivity contribution < 1.29 is 19.3 Å². The molecule has 0 amide bonds. The molecule has 0 saturated carbocycles. The lowest BCUT2D eigenvalue weighted by Crippen LogP contribution is -2.01. The standard InChI is InChI=1S/C16H17FO3/c1-11(19)13-6-4-7-14(17)16(13)20-15-8-3-2-5-12(15)9-10-18/h2-8,11,18-19H,9-10H2,1H3/t11-/m1/s1. The van der Waals surface area contributed by atoms with Gasteiger partial charge in [0.05, 0.1) is 6.10 Å². The van der Waals surface area contributed by atoms with Gasteiger partial charge in [-0.2, -0.15) is 0 Å². The second kappa shape index (κ2) is 6.50. The molecule has 0 spiro atoms. The number of hydrogen-bond acceptors (Lipinski definition) is 3. The van der Waals surface area contributed by atoms with E-state index in [1.165, 1.54) is 12.1 Å². The van der Waals surface area contributed by atoms with Gasteiger partial charge in [0.25, 0.3) is 0 Å². The first-order valence-electron chi connectivity index (χ1n) is 6.46. The van der Waals surface area contributed by atoms with Gasteiger partial charge < -0.3 is 14.9 Å². The molecule has 1 atom stereocenters. The minimum atomic E-state index is -0.828. The minimum absolute atomic E-state index is 0.0130. The van der Waals surface area contributed by atoms with Crippen molar-refractivity contribution in [3.8, 4) is 11.5 Å². The Kier molecular flexibility index (Phi) is 4.71. The van der Waals surface area contributed by atoms with Crippen LogP contribution in [0.5, 0.6) is 11.5 Å². The van der Waals surface area contributed by atoms with Crippen molar-refractivity contribution in [2.24, 2.45) is 0 Å². The van der Waals surface area contributed by atoms with Crippen LogP contribution in [-0.4, -0.2) is 16.8 Å². The lowest BCUT2D eigenvalue weighted by atomic mass is 10.1. The van der Waals surface area contributed by atoms with Crippen molar-refractivity contribution in [2.75, 3.05) is 6.61 Å². The van der Waals surface area contributed by atoms with Gasteiger partial charge in [-0.3, -0.25) is 0 Å². The van der Waals surface area contributed by atoms with E-state index in [-0.39, 0.29) is 12.4 Å². The molecule has 0 saturated heterocycles. The van der Waals surface area contributed by atoms with E-state index in [4.69, 9.17) is 9.84 Å². The average Bonchev–Trinajstić information content (AvgIpc) is 2.43. The molecule has 0 heterocycles. The predicted molar refractivity (Wildman–Crippen MR) is 74.3 cm³/mol. The minimum Gasteiger partial charge on any atom is -0.454 e. The fourth-order valence-corrected chi connectivity index (χ4v) is 2.00. The molecule has 0 fully saturated rings. The highest BCUT2D eigenvalue weighted by molar-refractivity contribution is 5.43. The Morgan fingerprint density at radius 2 is 1.90 bits per heavy atom. The molecule has 0 aromatic heterocycles. The molecule has 0 bridgehead atoms. The van der Waals surface area contributed by atoms with E-state index in [9.17, 15) is 9.50 Å². The zero-order chi connectivity index (χ0) is 14.5. The summed E-state index contributed by atoms with van der Waals surface area (Å²) in [6, 6.07) is 11.6. The largest absolute Gasteiger partial charge is 0.454 e. The molecule has 2 N–H and O–H groups in total. The highest BCUT2D eigenvalue weighted by atomic mass is 19.1. The van der Waals surface area contributed by atoms with Crippen LogP contribution in [0.4, 0.5) is 4.39 Å². The Morgan fingerprint density at radius 3 is 2.60 bits per heavy atom. The number of aliphatic hydroxyl groups is 2. The van der Waals surface area contributed by atoms with E-state index in [1.54, 1.807) is 25.1 Å². The predicted octanol–water partition coefficient (Wildman–Crippen LogP) is 3.21. The van der Waals surface area contributed by atoms with Gasteiger partial charge in [0.1, 0.15) is 5.75 Å². The molecule has 2 aromatic rings. The Labute approximate surface area is 117 Å². The van der Waals surface area contributed by atoms with Crippen LogP contribution >= 0.6 is 0 Å². The van der Waals surface area contributed by atoms with Crippen LogP contribution < -0.4 is 4.74 Å². The summed E-state index contributed by atoms with van der Waals surface area (Å²) in [6.45, 7) is 1.54. The Hall–Kier alpha value is -1.91. The average molecular weight is 276 g/mol. The number of rotatable bonds is 5. The Morgan fingerprint density at radius 1 is 1.15 bits per heavy atom. The maximum atomic E-state index is 13.9. The Balaban J connectivity index is 2.40. The highest BCUT2D eigenvalue weighted by Gasteiger charge is 2.15. The normalized spacial score (nSPS) is 12.2. The molecular formula is C16H17FO3. The van der Waals surface area contributed by atoms with Crippen LogP contribution in [0, 0.1) is 5.82 Å². The quantitative estimate of drug-likeness (QED) is 0.881. The lowest BCUT2D eigenvalue weighted by molar-refractivity contribution is 0.194. The highest BCUT2D eigenvalue weighted by Crippen LogP contribution is 2.33. The first kappa shape index (κ1) is 14.5. The van der Waals surface area contributed by atoms with Crippen molar-refractivity contribution in [3.05, 3.63) is 59.4 Å². The fourth-order valence-electron chi connectivity index (χ4n) is 2.00. The molecule has 2 aromatic carbocycles. The smallest absolute Gasteiger partial charge is 0.168 e. The summed E-state index contributed by atoms with van der Waals surface area (Å²) in [4.78, 5) is 0. The molecule has 20 heavy (non-hydrogen) atoms. The van der Waals surface area contributed by atoms with Gasteiger partial charge in [0.15, 0.2) is 11.6 Å². The van der Waals surface area contributed by atoms with E-state index in [0.29, 0.717) is 17.7 Å². The first-order valence-corrected chi connectivity index (χ1v) is 6.46. The van der Waals surface area contributed by atoms with E-state index in [2.05, 4.69) is 0 Å². The van der Waals surface area contributed by atoms with Gasteiger partial charge in [0, 0.05) is 12.2 Å². The van der Waals surface area contributed by atoms with Gasteiger partial charge in [0.2, 0.25) is 0 Å². The molecule has 0 aliphatic rings. The van der Waals surface area contributed by atoms with Crippen LogP contribution in [0.15, 0.2) is 42.5 Å². The summed E-state index contributed by atoms with van der Waals surface area (Å²) < 4.78 is 19.6. The van der Waals surface area contributed by atoms with Crippen molar-refractivity contribution in [3.63, 3.8) is 0 Å². The summed E-state index contributed by atoms with van der Waals surface area (Å²) in [7, 11) is 0. The number of benzene rings is 2. The number of halogens is 1. The van der Waals surface area contributed by atoms with Crippen molar-refractivity contribution in [1.29, 1.82) is 0 Å². The van der Waals surface area contributed by atoms with Crippen molar-refractivity contribution in [2.45, 2.75) is 19.4 Å². The zero-order valence-electron chi connectivity index (χ0n) is 11.2. The molecule has 2 rings (SSSR count). The molecule has 3 nitrogen and oxygen atoms in total. The SMILES string of the molecule is C[C@@H](O)c1cccc(F)c1Oc1ccccc1CCO.